The van der Waals surface area contributed by atoms with Crippen molar-refractivity contribution in [2.24, 2.45) is 0 Å². The van der Waals surface area contributed by atoms with Crippen LogP contribution in [0.5, 0.6) is 0 Å². The number of benzene rings is 1. The fraction of sp³-hybridized carbons (Fsp3) is 0.278. The molecular formula is C18H19N3O2. The van der Waals surface area contributed by atoms with Crippen LogP contribution in [0.1, 0.15) is 34.1 Å². The molecule has 0 aliphatic carbocycles. The minimum atomic E-state index is -0.105. The Morgan fingerprint density at radius 2 is 2.09 bits per heavy atom. The number of nitrogens with one attached hydrogen (secondary N) is 1. The second kappa shape index (κ2) is 6.20. The van der Waals surface area contributed by atoms with Crippen LogP contribution in [0.2, 0.25) is 0 Å². The standard InChI is InChI=1S/C18H19N3O2/c1-12-10-15(6-8-19-12)18(23)21-9-7-14-4-3-5-17(16(14)11-21)20-13(2)22/h3-6,8,10H,7,9,11H2,1-2H3,(H,20,22). The number of carbonyl (C=O) groups excluding carboxylic acids is 2. The predicted molar refractivity (Wildman–Crippen MR) is 88.2 cm³/mol. The zero-order valence-corrected chi connectivity index (χ0v) is 13.3. The van der Waals surface area contributed by atoms with Crippen LogP contribution in [0.4, 0.5) is 5.69 Å². The van der Waals surface area contributed by atoms with Gasteiger partial charge in [0.2, 0.25) is 5.91 Å². The van der Waals surface area contributed by atoms with E-state index in [1.54, 1.807) is 18.3 Å². The molecule has 1 aromatic carbocycles. The highest BCUT2D eigenvalue weighted by atomic mass is 16.2. The quantitative estimate of drug-likeness (QED) is 0.927. The Hall–Kier alpha value is -2.69. The van der Waals surface area contributed by atoms with Crippen LogP contribution >= 0.6 is 0 Å². The Bertz CT molecular complexity index is 771. The van der Waals surface area contributed by atoms with Gasteiger partial charge >= 0.3 is 0 Å². The summed E-state index contributed by atoms with van der Waals surface area (Å²) < 4.78 is 0. The number of pyridine rings is 1. The molecule has 0 unspecified atom stereocenters. The maximum atomic E-state index is 12.7. The molecule has 0 spiro atoms. The molecule has 118 valence electrons. The molecule has 1 aromatic heterocycles. The first-order valence-corrected chi connectivity index (χ1v) is 7.65. The van der Waals surface area contributed by atoms with Crippen molar-refractivity contribution < 1.29 is 9.59 Å². The molecule has 3 rings (SSSR count). The molecular weight excluding hydrogens is 290 g/mol. The third kappa shape index (κ3) is 3.23. The molecule has 0 bridgehead atoms. The van der Waals surface area contributed by atoms with Gasteiger partial charge in [-0.2, -0.15) is 0 Å². The Morgan fingerprint density at radius 3 is 2.83 bits per heavy atom. The summed E-state index contributed by atoms with van der Waals surface area (Å²) in [5.74, 6) is -0.106. The Kier molecular flexibility index (Phi) is 4.10. The number of nitrogens with zero attached hydrogens (tertiary/aromatic N) is 2. The number of aromatic nitrogens is 1. The summed E-state index contributed by atoms with van der Waals surface area (Å²) in [7, 11) is 0. The largest absolute Gasteiger partial charge is 0.334 e. The zero-order valence-electron chi connectivity index (χ0n) is 13.3. The number of hydrogen-bond donors (Lipinski definition) is 1. The number of fused-ring (bicyclic) bond motifs is 1. The number of amides is 2. The number of anilines is 1. The summed E-state index contributed by atoms with van der Waals surface area (Å²) in [4.78, 5) is 30.0. The van der Waals surface area contributed by atoms with Crippen LogP contribution < -0.4 is 5.32 Å². The number of aryl methyl sites for hydroxylation is 1. The van der Waals surface area contributed by atoms with Crippen LogP contribution in [-0.4, -0.2) is 28.2 Å². The first-order chi connectivity index (χ1) is 11.0. The lowest BCUT2D eigenvalue weighted by atomic mass is 9.97. The number of carbonyl (C=O) groups is 2. The summed E-state index contributed by atoms with van der Waals surface area (Å²) in [5, 5.41) is 2.85. The summed E-state index contributed by atoms with van der Waals surface area (Å²) in [6.07, 6.45) is 2.45. The van der Waals surface area contributed by atoms with Gasteiger partial charge in [0.25, 0.3) is 5.91 Å². The van der Waals surface area contributed by atoms with Crippen molar-refractivity contribution in [2.45, 2.75) is 26.8 Å². The van der Waals surface area contributed by atoms with Crippen LogP contribution in [-0.2, 0) is 17.8 Å². The van der Waals surface area contributed by atoms with E-state index in [9.17, 15) is 9.59 Å². The van der Waals surface area contributed by atoms with Crippen LogP contribution in [0.15, 0.2) is 36.5 Å². The molecule has 2 aromatic rings. The van der Waals surface area contributed by atoms with Crippen molar-refractivity contribution in [3.8, 4) is 0 Å². The maximum absolute atomic E-state index is 12.7. The van der Waals surface area contributed by atoms with E-state index >= 15 is 0 Å². The average molecular weight is 309 g/mol. The molecule has 1 aliphatic rings. The number of hydrogen-bond acceptors (Lipinski definition) is 3. The molecule has 0 radical (unpaired) electrons. The van der Waals surface area contributed by atoms with Crippen molar-refractivity contribution in [1.29, 1.82) is 0 Å². The second-order valence-electron chi connectivity index (χ2n) is 5.79. The Balaban J connectivity index is 1.87. The Morgan fingerprint density at radius 1 is 1.26 bits per heavy atom. The van der Waals surface area contributed by atoms with E-state index in [1.807, 2.05) is 24.0 Å². The third-order valence-electron chi connectivity index (χ3n) is 4.01. The fourth-order valence-electron chi connectivity index (χ4n) is 2.92. The average Bonchev–Trinajstić information content (AvgIpc) is 2.53. The molecule has 0 atom stereocenters. The summed E-state index contributed by atoms with van der Waals surface area (Å²) in [5.41, 5.74) is 4.47. The molecule has 0 saturated heterocycles. The van der Waals surface area contributed by atoms with Gasteiger partial charge in [-0.15, -0.1) is 0 Å². The molecule has 0 saturated carbocycles. The van der Waals surface area contributed by atoms with Gasteiger partial charge in [-0.05, 0) is 42.7 Å². The van der Waals surface area contributed by atoms with E-state index in [4.69, 9.17) is 0 Å². The smallest absolute Gasteiger partial charge is 0.254 e. The first-order valence-electron chi connectivity index (χ1n) is 7.65. The van der Waals surface area contributed by atoms with Crippen molar-refractivity contribution in [1.82, 2.24) is 9.88 Å². The lowest BCUT2D eigenvalue weighted by molar-refractivity contribution is -0.114. The minimum absolute atomic E-state index is 0.00113. The van der Waals surface area contributed by atoms with Gasteiger partial charge in [-0.3, -0.25) is 14.6 Å². The summed E-state index contributed by atoms with van der Waals surface area (Å²) >= 11 is 0. The van der Waals surface area contributed by atoms with Crippen LogP contribution in [0, 0.1) is 6.92 Å². The van der Waals surface area contributed by atoms with Crippen molar-refractivity contribution in [2.75, 3.05) is 11.9 Å². The molecule has 1 N–H and O–H groups in total. The van der Waals surface area contributed by atoms with E-state index in [0.717, 1.165) is 23.4 Å². The molecule has 5 nitrogen and oxygen atoms in total. The van der Waals surface area contributed by atoms with Gasteiger partial charge in [0.1, 0.15) is 0 Å². The van der Waals surface area contributed by atoms with Gasteiger partial charge < -0.3 is 10.2 Å². The van der Waals surface area contributed by atoms with Crippen molar-refractivity contribution in [3.05, 3.63) is 58.9 Å². The van der Waals surface area contributed by atoms with E-state index in [0.29, 0.717) is 18.7 Å². The maximum Gasteiger partial charge on any atom is 0.254 e. The van der Waals surface area contributed by atoms with Crippen LogP contribution in [0.25, 0.3) is 0 Å². The molecule has 2 heterocycles. The summed E-state index contributed by atoms with van der Waals surface area (Å²) in [6.45, 7) is 4.55. The predicted octanol–water partition coefficient (Wildman–Crippen LogP) is 2.55. The third-order valence-corrected chi connectivity index (χ3v) is 4.01. The molecule has 23 heavy (non-hydrogen) atoms. The monoisotopic (exact) mass is 309 g/mol. The van der Waals surface area contributed by atoms with Gasteiger partial charge in [0.05, 0.1) is 0 Å². The highest BCUT2D eigenvalue weighted by Crippen LogP contribution is 2.27. The SMILES string of the molecule is CC(=O)Nc1cccc2c1CN(C(=O)c1ccnc(C)c1)CC2. The normalized spacial score (nSPS) is 13.4. The second-order valence-corrected chi connectivity index (χ2v) is 5.79. The molecule has 2 amide bonds. The van der Waals surface area contributed by atoms with Crippen molar-refractivity contribution >= 4 is 17.5 Å². The zero-order chi connectivity index (χ0) is 16.4. The van der Waals surface area contributed by atoms with Gasteiger partial charge in [0.15, 0.2) is 0 Å². The fourth-order valence-corrected chi connectivity index (χ4v) is 2.92. The summed E-state index contributed by atoms with van der Waals surface area (Å²) in [6, 6.07) is 9.42. The van der Waals surface area contributed by atoms with E-state index in [-0.39, 0.29) is 11.8 Å². The highest BCUT2D eigenvalue weighted by Gasteiger charge is 2.24. The lowest BCUT2D eigenvalue weighted by Gasteiger charge is -2.30. The first kappa shape index (κ1) is 15.2. The van der Waals surface area contributed by atoms with Gasteiger partial charge in [-0.25, -0.2) is 0 Å². The Labute approximate surface area is 135 Å². The van der Waals surface area contributed by atoms with Crippen LogP contribution in [0.3, 0.4) is 0 Å². The van der Waals surface area contributed by atoms with E-state index in [1.165, 1.54) is 12.5 Å². The highest BCUT2D eigenvalue weighted by molar-refractivity contribution is 5.95. The molecule has 1 aliphatic heterocycles. The van der Waals surface area contributed by atoms with Gasteiger partial charge in [0, 0.05) is 43.2 Å². The number of rotatable bonds is 2. The lowest BCUT2D eigenvalue weighted by Crippen LogP contribution is -2.36. The minimum Gasteiger partial charge on any atom is -0.334 e. The van der Waals surface area contributed by atoms with Crippen molar-refractivity contribution in [3.63, 3.8) is 0 Å². The van der Waals surface area contributed by atoms with E-state index in [2.05, 4.69) is 16.4 Å². The van der Waals surface area contributed by atoms with Gasteiger partial charge in [-0.1, -0.05) is 12.1 Å². The van der Waals surface area contributed by atoms with E-state index < -0.39 is 0 Å². The molecule has 5 heteroatoms. The topological polar surface area (TPSA) is 62.3 Å². The molecule has 0 fully saturated rings.